The minimum Gasteiger partial charge on any atom is -0.756 e. The zero-order valence-electron chi connectivity index (χ0n) is 53.9. The van der Waals surface area contributed by atoms with Crippen LogP contribution in [0, 0.1) is 0 Å². The highest BCUT2D eigenvalue weighted by molar-refractivity contribution is 7.45. The summed E-state index contributed by atoms with van der Waals surface area (Å²) in [6, 6.07) is 0. The molecule has 0 aromatic rings. The highest BCUT2D eigenvalue weighted by atomic mass is 31.2. The van der Waals surface area contributed by atoms with E-state index in [-0.39, 0.29) is 32.0 Å². The highest BCUT2D eigenvalue weighted by Crippen LogP contribution is 2.38. The van der Waals surface area contributed by atoms with Crippen LogP contribution in [0.3, 0.4) is 0 Å². The van der Waals surface area contributed by atoms with E-state index in [0.29, 0.717) is 17.4 Å². The van der Waals surface area contributed by atoms with Gasteiger partial charge in [-0.3, -0.25) is 14.2 Å². The number of carbonyl (C=O) groups is 2. The number of quaternary nitrogens is 1. The number of hydrogen-bond acceptors (Lipinski definition) is 8. The van der Waals surface area contributed by atoms with E-state index in [9.17, 15) is 19.0 Å². The van der Waals surface area contributed by atoms with Crippen molar-refractivity contribution in [3.05, 3.63) is 0 Å². The van der Waals surface area contributed by atoms with Crippen molar-refractivity contribution in [3.8, 4) is 0 Å². The molecule has 0 heterocycles. The molecule has 2 unspecified atom stereocenters. The lowest BCUT2D eigenvalue weighted by atomic mass is 10.0. The Hall–Kier alpha value is -0.990. The number of likely N-dealkylation sites (N-methyl/N-ethyl adjacent to an activating group) is 1. The average molecular weight is 1140 g/mol. The van der Waals surface area contributed by atoms with Gasteiger partial charge in [-0.05, 0) is 12.8 Å². The average Bonchev–Trinajstić information content (AvgIpc) is 3.41. The molecular formula is C69H138NO8P. The highest BCUT2D eigenvalue weighted by Gasteiger charge is 2.22. The number of ether oxygens (including phenoxy) is 2. The number of phosphoric ester groups is 1. The summed E-state index contributed by atoms with van der Waals surface area (Å²) in [6.45, 7) is 4.34. The van der Waals surface area contributed by atoms with Crippen molar-refractivity contribution in [2.75, 3.05) is 47.5 Å². The monoisotopic (exact) mass is 1140 g/mol. The second-order valence-corrected chi connectivity index (χ2v) is 27.0. The van der Waals surface area contributed by atoms with E-state index in [1.165, 1.54) is 315 Å². The fourth-order valence-electron chi connectivity index (χ4n) is 11.0. The number of unbranched alkanes of at least 4 members (excludes halogenated alkanes) is 53. The van der Waals surface area contributed by atoms with Crippen LogP contribution in [0.25, 0.3) is 0 Å². The van der Waals surface area contributed by atoms with Gasteiger partial charge in [-0.2, -0.15) is 0 Å². The molecule has 0 amide bonds. The quantitative estimate of drug-likeness (QED) is 0.0256. The van der Waals surface area contributed by atoms with Gasteiger partial charge in [-0.1, -0.05) is 354 Å². The lowest BCUT2D eigenvalue weighted by Crippen LogP contribution is -2.37. The van der Waals surface area contributed by atoms with Crippen molar-refractivity contribution in [2.45, 2.75) is 386 Å². The second kappa shape index (κ2) is 61.6. The molecule has 9 nitrogen and oxygen atoms in total. The lowest BCUT2D eigenvalue weighted by molar-refractivity contribution is -0.870. The summed E-state index contributed by atoms with van der Waals surface area (Å²) in [4.78, 5) is 38.0. The van der Waals surface area contributed by atoms with Gasteiger partial charge < -0.3 is 27.9 Å². The van der Waals surface area contributed by atoms with Crippen molar-refractivity contribution < 1.29 is 42.1 Å². The number of nitrogens with zero attached hydrogens (tertiary/aromatic N) is 1. The first-order chi connectivity index (χ1) is 38.5. The van der Waals surface area contributed by atoms with E-state index < -0.39 is 26.5 Å². The normalized spacial score (nSPS) is 13.0. The van der Waals surface area contributed by atoms with Gasteiger partial charge >= 0.3 is 11.9 Å². The molecule has 0 N–H and O–H groups in total. The third-order valence-electron chi connectivity index (χ3n) is 16.4. The molecule has 0 radical (unpaired) electrons. The van der Waals surface area contributed by atoms with E-state index in [1.54, 1.807) is 0 Å². The molecule has 0 saturated carbocycles. The zero-order chi connectivity index (χ0) is 57.7. The molecule has 0 aliphatic rings. The van der Waals surface area contributed by atoms with Crippen LogP contribution in [-0.2, 0) is 32.7 Å². The summed E-state index contributed by atoms with van der Waals surface area (Å²) in [5.41, 5.74) is 0. The molecule has 0 saturated heterocycles. The largest absolute Gasteiger partial charge is 0.756 e. The Morgan fingerprint density at radius 2 is 0.570 bits per heavy atom. The Bertz CT molecular complexity index is 1290. The van der Waals surface area contributed by atoms with Crippen molar-refractivity contribution in [1.29, 1.82) is 0 Å². The van der Waals surface area contributed by atoms with Crippen LogP contribution in [0.15, 0.2) is 0 Å². The van der Waals surface area contributed by atoms with Crippen LogP contribution < -0.4 is 4.89 Å². The molecule has 0 spiro atoms. The predicted octanol–water partition coefficient (Wildman–Crippen LogP) is 21.9. The molecule has 79 heavy (non-hydrogen) atoms. The molecule has 2 atom stereocenters. The van der Waals surface area contributed by atoms with Gasteiger partial charge in [0.25, 0.3) is 7.82 Å². The lowest BCUT2D eigenvalue weighted by Gasteiger charge is -2.28. The number of phosphoric acid groups is 1. The van der Waals surface area contributed by atoms with Crippen molar-refractivity contribution in [1.82, 2.24) is 0 Å². The predicted molar refractivity (Wildman–Crippen MR) is 338 cm³/mol. The maximum atomic E-state index is 12.9. The van der Waals surface area contributed by atoms with E-state index in [0.717, 1.165) is 32.1 Å². The van der Waals surface area contributed by atoms with Gasteiger partial charge in [-0.25, -0.2) is 0 Å². The van der Waals surface area contributed by atoms with Crippen molar-refractivity contribution in [2.24, 2.45) is 0 Å². The summed E-state index contributed by atoms with van der Waals surface area (Å²) in [7, 11) is 1.20. The Balaban J connectivity index is 3.95. The summed E-state index contributed by atoms with van der Waals surface area (Å²) in [5, 5.41) is 0. The molecule has 472 valence electrons. The summed E-state index contributed by atoms with van der Waals surface area (Å²) >= 11 is 0. The second-order valence-electron chi connectivity index (χ2n) is 25.6. The Morgan fingerprint density at radius 1 is 0.342 bits per heavy atom. The van der Waals surface area contributed by atoms with Crippen LogP contribution in [-0.4, -0.2) is 70.0 Å². The minimum atomic E-state index is -4.63. The van der Waals surface area contributed by atoms with Crippen LogP contribution in [0.4, 0.5) is 0 Å². The number of esters is 2. The molecule has 0 rings (SSSR count). The maximum Gasteiger partial charge on any atom is 0.306 e. The van der Waals surface area contributed by atoms with Crippen molar-refractivity contribution in [3.63, 3.8) is 0 Å². The SMILES string of the molecule is CCCCCCCCCCCCCCCCCCCCCCCCCCCCCCCCCCC(=O)OC(COC(=O)CCCCCCCCCCCCCCCCCCCCCCCCC)COP(=O)([O-])OCC[N+](C)(C)C. The zero-order valence-corrected chi connectivity index (χ0v) is 54.8. The maximum absolute atomic E-state index is 12.9. The van der Waals surface area contributed by atoms with Crippen molar-refractivity contribution >= 4 is 19.8 Å². The Kier molecular flexibility index (Phi) is 60.8. The summed E-state index contributed by atoms with van der Waals surface area (Å²) in [5.74, 6) is -0.804. The Labute approximate surface area is 493 Å². The summed E-state index contributed by atoms with van der Waals surface area (Å²) < 4.78 is 34.3. The van der Waals surface area contributed by atoms with Crippen LogP contribution in [0.2, 0.25) is 0 Å². The van der Waals surface area contributed by atoms with E-state index in [1.807, 2.05) is 21.1 Å². The smallest absolute Gasteiger partial charge is 0.306 e. The fourth-order valence-corrected chi connectivity index (χ4v) is 11.7. The Morgan fingerprint density at radius 3 is 0.810 bits per heavy atom. The third-order valence-corrected chi connectivity index (χ3v) is 17.3. The van der Waals surface area contributed by atoms with Crippen LogP contribution in [0.5, 0.6) is 0 Å². The van der Waals surface area contributed by atoms with Gasteiger partial charge in [0, 0.05) is 12.8 Å². The minimum absolute atomic E-state index is 0.0248. The van der Waals surface area contributed by atoms with Gasteiger partial charge in [0.1, 0.15) is 19.8 Å². The molecule has 0 aromatic carbocycles. The first kappa shape index (κ1) is 78.0. The van der Waals surface area contributed by atoms with Crippen LogP contribution >= 0.6 is 7.82 Å². The molecule has 0 aromatic heterocycles. The van der Waals surface area contributed by atoms with Gasteiger partial charge in [0.15, 0.2) is 6.10 Å². The first-order valence-electron chi connectivity index (χ1n) is 35.2. The van der Waals surface area contributed by atoms with E-state index >= 15 is 0 Å². The molecule has 0 bridgehead atoms. The topological polar surface area (TPSA) is 111 Å². The standard InChI is InChI=1S/C69H138NO8P/c1-6-8-10-12-14-16-18-20-22-24-26-28-30-31-32-33-34-35-36-37-38-40-42-44-46-48-50-52-54-56-58-60-62-69(72)78-67(66-77-79(73,74)76-64-63-70(3,4)5)65-75-68(71)61-59-57-55-53-51-49-47-45-43-41-39-29-27-25-23-21-19-17-15-13-11-9-7-2/h67H,6-66H2,1-5H3. The molecule has 10 heteroatoms. The number of carbonyl (C=O) groups excluding carboxylic acids is 2. The van der Waals surface area contributed by atoms with E-state index in [2.05, 4.69) is 13.8 Å². The van der Waals surface area contributed by atoms with Gasteiger partial charge in [0.05, 0.1) is 27.7 Å². The first-order valence-corrected chi connectivity index (χ1v) is 36.7. The third kappa shape index (κ3) is 66.0. The van der Waals surface area contributed by atoms with Gasteiger partial charge in [-0.15, -0.1) is 0 Å². The molecule has 0 aliphatic heterocycles. The van der Waals surface area contributed by atoms with Crippen LogP contribution in [0.1, 0.15) is 380 Å². The summed E-state index contributed by atoms with van der Waals surface area (Å²) in [6.07, 6.45) is 73.4. The van der Waals surface area contributed by atoms with Gasteiger partial charge in [0.2, 0.25) is 0 Å². The molecule has 0 aliphatic carbocycles. The number of rotatable bonds is 67. The fraction of sp³-hybridized carbons (Fsp3) is 0.971. The molecular weight excluding hydrogens is 1000 g/mol. The molecule has 0 fully saturated rings. The van der Waals surface area contributed by atoms with E-state index in [4.69, 9.17) is 18.5 Å². The number of hydrogen-bond donors (Lipinski definition) is 0.